The lowest BCUT2D eigenvalue weighted by atomic mass is 10.1. The van der Waals surface area contributed by atoms with Gasteiger partial charge >= 0.3 is 5.97 Å². The zero-order valence-corrected chi connectivity index (χ0v) is 16.5. The molecular weight excluding hydrogens is 396 g/mol. The Morgan fingerprint density at radius 3 is 2.61 bits per heavy atom. The van der Waals surface area contributed by atoms with Crippen molar-refractivity contribution >= 4 is 33.0 Å². The number of aryl methyl sites for hydroxylation is 1. The molecule has 0 unspecified atom stereocenters. The number of sulfonamides is 1. The van der Waals surface area contributed by atoms with Crippen LogP contribution in [0.1, 0.15) is 31.2 Å². The molecule has 0 fully saturated rings. The molecule has 2 N–H and O–H groups in total. The second kappa shape index (κ2) is 7.84. The van der Waals surface area contributed by atoms with Gasteiger partial charge in [-0.15, -0.1) is 11.3 Å². The molecule has 0 aliphatic rings. The van der Waals surface area contributed by atoms with Gasteiger partial charge in [0, 0.05) is 11.3 Å². The van der Waals surface area contributed by atoms with E-state index in [0.29, 0.717) is 22.4 Å². The molecule has 0 spiro atoms. The SMILES string of the molecule is Cc1ccccc1S(=O)(=O)Nc1cc(Cc2cccc(C#N)c2)sc1C(=O)O. The van der Waals surface area contributed by atoms with Crippen LogP contribution in [0.3, 0.4) is 0 Å². The fraction of sp³-hybridized carbons (Fsp3) is 0.100. The molecule has 3 aromatic rings. The number of nitrogens with zero attached hydrogens (tertiary/aromatic N) is 1. The first kappa shape index (κ1) is 19.6. The average molecular weight is 412 g/mol. The third-order valence-electron chi connectivity index (χ3n) is 4.04. The third-order valence-corrected chi connectivity index (χ3v) is 6.69. The van der Waals surface area contributed by atoms with Crippen molar-refractivity contribution in [3.05, 3.63) is 81.0 Å². The fourth-order valence-corrected chi connectivity index (χ4v) is 5.13. The van der Waals surface area contributed by atoms with E-state index in [1.807, 2.05) is 6.07 Å². The van der Waals surface area contributed by atoms with Crippen molar-refractivity contribution < 1.29 is 18.3 Å². The van der Waals surface area contributed by atoms with Crippen molar-refractivity contribution in [1.29, 1.82) is 5.26 Å². The zero-order chi connectivity index (χ0) is 20.3. The van der Waals surface area contributed by atoms with Gasteiger partial charge in [-0.2, -0.15) is 5.26 Å². The van der Waals surface area contributed by atoms with Gasteiger partial charge in [-0.25, -0.2) is 13.2 Å². The van der Waals surface area contributed by atoms with E-state index < -0.39 is 16.0 Å². The Morgan fingerprint density at radius 1 is 1.18 bits per heavy atom. The molecule has 6 nitrogen and oxygen atoms in total. The van der Waals surface area contributed by atoms with E-state index in [2.05, 4.69) is 10.8 Å². The van der Waals surface area contributed by atoms with Crippen LogP contribution in [0.15, 0.2) is 59.5 Å². The first-order valence-electron chi connectivity index (χ1n) is 8.23. The molecule has 0 aliphatic heterocycles. The van der Waals surface area contributed by atoms with Gasteiger partial charge in [0.25, 0.3) is 10.0 Å². The summed E-state index contributed by atoms with van der Waals surface area (Å²) in [6.07, 6.45) is 0.395. The molecule has 0 amide bonds. The maximum absolute atomic E-state index is 12.7. The van der Waals surface area contributed by atoms with Crippen molar-refractivity contribution in [3.63, 3.8) is 0 Å². The lowest BCUT2D eigenvalue weighted by Gasteiger charge is -2.09. The highest BCUT2D eigenvalue weighted by atomic mass is 32.2. The number of thiophene rings is 1. The topological polar surface area (TPSA) is 107 Å². The summed E-state index contributed by atoms with van der Waals surface area (Å²) in [5.74, 6) is -1.20. The number of anilines is 1. The Bertz CT molecular complexity index is 1190. The second-order valence-corrected chi connectivity index (χ2v) is 8.91. The summed E-state index contributed by atoms with van der Waals surface area (Å²) < 4.78 is 27.8. The van der Waals surface area contributed by atoms with E-state index in [1.165, 1.54) is 12.1 Å². The zero-order valence-electron chi connectivity index (χ0n) is 14.8. The number of carbonyl (C=O) groups is 1. The van der Waals surface area contributed by atoms with Gasteiger partial charge in [0.1, 0.15) is 4.88 Å². The summed E-state index contributed by atoms with van der Waals surface area (Å²) in [7, 11) is -3.92. The molecule has 0 saturated carbocycles. The Labute approximate surface area is 166 Å². The molecule has 0 atom stereocenters. The molecule has 0 saturated heterocycles. The molecule has 1 aromatic heterocycles. The number of aromatic carboxylic acids is 1. The van der Waals surface area contributed by atoms with Gasteiger partial charge in [0.15, 0.2) is 0 Å². The Hall–Kier alpha value is -3.15. The van der Waals surface area contributed by atoms with Gasteiger partial charge in [0.05, 0.1) is 22.2 Å². The highest BCUT2D eigenvalue weighted by Crippen LogP contribution is 2.31. The predicted molar refractivity (Wildman–Crippen MR) is 107 cm³/mol. The number of benzene rings is 2. The number of nitriles is 1. The number of carboxylic acid groups (broad SMARTS) is 1. The van der Waals surface area contributed by atoms with E-state index in [4.69, 9.17) is 5.26 Å². The van der Waals surface area contributed by atoms with Crippen molar-refractivity contribution in [2.45, 2.75) is 18.2 Å². The van der Waals surface area contributed by atoms with Crippen LogP contribution in [0, 0.1) is 18.3 Å². The minimum absolute atomic E-state index is 0.0344. The number of hydrogen-bond acceptors (Lipinski definition) is 5. The van der Waals surface area contributed by atoms with E-state index in [1.54, 1.807) is 43.3 Å². The predicted octanol–water partition coefficient (Wildman–Crippen LogP) is 4.02. The number of carboxylic acids is 1. The minimum atomic E-state index is -3.92. The summed E-state index contributed by atoms with van der Waals surface area (Å²) in [4.78, 5) is 12.3. The van der Waals surface area contributed by atoms with Crippen LogP contribution in [0.4, 0.5) is 5.69 Å². The first-order chi connectivity index (χ1) is 13.3. The number of rotatable bonds is 6. The van der Waals surface area contributed by atoms with Gasteiger partial charge in [-0.1, -0.05) is 30.3 Å². The quantitative estimate of drug-likeness (QED) is 0.636. The maximum atomic E-state index is 12.7. The summed E-state index contributed by atoms with van der Waals surface area (Å²) in [5, 5.41) is 18.5. The Kier molecular flexibility index (Phi) is 5.49. The standard InChI is InChI=1S/C20H16N2O4S2/c1-13-5-2-3-8-18(13)28(25,26)22-17-11-16(27-19(17)20(23)24)10-14-6-4-7-15(9-14)12-21/h2-9,11,22H,10H2,1H3,(H,23,24). The van der Waals surface area contributed by atoms with Gasteiger partial charge in [0.2, 0.25) is 0 Å². The molecule has 2 aromatic carbocycles. The number of hydrogen-bond donors (Lipinski definition) is 2. The smallest absolute Gasteiger partial charge is 0.348 e. The highest BCUT2D eigenvalue weighted by Gasteiger charge is 2.22. The van der Waals surface area contributed by atoms with E-state index in [9.17, 15) is 18.3 Å². The van der Waals surface area contributed by atoms with Crippen molar-refractivity contribution in [2.24, 2.45) is 0 Å². The Morgan fingerprint density at radius 2 is 1.93 bits per heavy atom. The van der Waals surface area contributed by atoms with Crippen molar-refractivity contribution in [2.75, 3.05) is 4.72 Å². The second-order valence-electron chi connectivity index (χ2n) is 6.12. The first-order valence-corrected chi connectivity index (χ1v) is 10.5. The summed E-state index contributed by atoms with van der Waals surface area (Å²) in [6, 6.07) is 17.1. The fourth-order valence-electron chi connectivity index (χ4n) is 2.77. The molecule has 0 bridgehead atoms. The maximum Gasteiger partial charge on any atom is 0.348 e. The monoisotopic (exact) mass is 412 g/mol. The van der Waals surface area contributed by atoms with Crippen molar-refractivity contribution in [1.82, 2.24) is 0 Å². The summed E-state index contributed by atoms with van der Waals surface area (Å²) >= 11 is 1.01. The number of nitrogens with one attached hydrogen (secondary N) is 1. The van der Waals surface area contributed by atoms with Gasteiger partial charge < -0.3 is 5.11 Å². The summed E-state index contributed by atoms with van der Waals surface area (Å²) in [5.41, 5.74) is 1.95. The van der Waals surface area contributed by atoms with Crippen LogP contribution >= 0.6 is 11.3 Å². The van der Waals surface area contributed by atoms with Gasteiger partial charge in [-0.05, 0) is 42.3 Å². The van der Waals surface area contributed by atoms with E-state index >= 15 is 0 Å². The highest BCUT2D eigenvalue weighted by molar-refractivity contribution is 7.92. The van der Waals surface area contributed by atoms with Gasteiger partial charge in [-0.3, -0.25) is 4.72 Å². The normalized spacial score (nSPS) is 11.0. The van der Waals surface area contributed by atoms with Crippen LogP contribution < -0.4 is 4.72 Å². The largest absolute Gasteiger partial charge is 0.477 e. The van der Waals surface area contributed by atoms with Crippen LogP contribution in [0.25, 0.3) is 0 Å². The molecule has 28 heavy (non-hydrogen) atoms. The summed E-state index contributed by atoms with van der Waals surface area (Å²) in [6.45, 7) is 1.67. The van der Waals surface area contributed by atoms with Crippen LogP contribution in [0.2, 0.25) is 0 Å². The van der Waals surface area contributed by atoms with Crippen LogP contribution in [-0.2, 0) is 16.4 Å². The van der Waals surface area contributed by atoms with Crippen LogP contribution in [-0.4, -0.2) is 19.5 Å². The molecule has 3 rings (SSSR count). The van der Waals surface area contributed by atoms with E-state index in [-0.39, 0.29) is 15.5 Å². The lowest BCUT2D eigenvalue weighted by Crippen LogP contribution is -2.15. The van der Waals surface area contributed by atoms with E-state index in [0.717, 1.165) is 16.9 Å². The molecule has 0 radical (unpaired) electrons. The molecule has 1 heterocycles. The molecule has 0 aliphatic carbocycles. The third kappa shape index (κ3) is 4.22. The molecule has 142 valence electrons. The van der Waals surface area contributed by atoms with Crippen molar-refractivity contribution in [3.8, 4) is 6.07 Å². The Balaban J connectivity index is 1.94. The lowest BCUT2D eigenvalue weighted by molar-refractivity contribution is 0.0703. The molecular formula is C20H16N2O4S2. The van der Waals surface area contributed by atoms with Crippen LogP contribution in [0.5, 0.6) is 0 Å². The average Bonchev–Trinajstić information content (AvgIpc) is 3.03. The minimum Gasteiger partial charge on any atom is -0.477 e. The molecule has 8 heteroatoms.